The predicted octanol–water partition coefficient (Wildman–Crippen LogP) is 3.02. The first-order chi connectivity index (χ1) is 7.13. The topological polar surface area (TPSA) is 38.7 Å². The van der Waals surface area contributed by atoms with Gasteiger partial charge in [0.15, 0.2) is 0 Å². The number of halogens is 1. The van der Waals surface area contributed by atoms with E-state index in [0.717, 1.165) is 5.56 Å². The summed E-state index contributed by atoms with van der Waals surface area (Å²) in [7, 11) is 0. The molecule has 4 heteroatoms. The van der Waals surface area contributed by atoms with Crippen LogP contribution in [-0.4, -0.2) is 11.7 Å². The molecule has 0 bridgehead atoms. The van der Waals surface area contributed by atoms with E-state index in [1.807, 2.05) is 12.1 Å². The largest absolute Gasteiger partial charge is 0.334 e. The summed E-state index contributed by atoms with van der Waals surface area (Å²) in [6.07, 6.45) is 0.317. The molecular formula is C11H12ClNO2. The van der Waals surface area contributed by atoms with Gasteiger partial charge in [-0.05, 0) is 24.6 Å². The minimum atomic E-state index is -0.344. The van der Waals surface area contributed by atoms with Crippen LogP contribution in [0.3, 0.4) is 0 Å². The number of rotatable bonds is 3. The van der Waals surface area contributed by atoms with Gasteiger partial charge in [-0.1, -0.05) is 35.8 Å². The van der Waals surface area contributed by atoms with Crippen LogP contribution in [0.2, 0.25) is 5.02 Å². The van der Waals surface area contributed by atoms with E-state index in [2.05, 4.69) is 9.99 Å². The zero-order valence-electron chi connectivity index (χ0n) is 8.66. The lowest BCUT2D eigenvalue weighted by Crippen LogP contribution is -2.01. The Kier molecular flexibility index (Phi) is 4.31. The monoisotopic (exact) mass is 225 g/mol. The minimum absolute atomic E-state index is 0.317. The highest BCUT2D eigenvalue weighted by molar-refractivity contribution is 6.30. The molecule has 0 saturated carbocycles. The van der Waals surface area contributed by atoms with Gasteiger partial charge in [-0.15, -0.1) is 0 Å². The van der Waals surface area contributed by atoms with E-state index in [1.54, 1.807) is 26.0 Å². The summed E-state index contributed by atoms with van der Waals surface area (Å²) < 4.78 is 0. The third-order valence-electron chi connectivity index (χ3n) is 1.84. The smallest absolute Gasteiger partial charge is 0.318 e. The van der Waals surface area contributed by atoms with E-state index in [1.165, 1.54) is 0 Å². The van der Waals surface area contributed by atoms with E-state index < -0.39 is 0 Å². The highest BCUT2D eigenvalue weighted by atomic mass is 35.5. The number of carbonyl (C=O) groups is 1. The Morgan fingerprint density at radius 3 is 2.53 bits per heavy atom. The molecule has 0 aliphatic carbocycles. The Hall–Kier alpha value is -1.35. The molecule has 15 heavy (non-hydrogen) atoms. The van der Waals surface area contributed by atoms with E-state index in [-0.39, 0.29) is 5.97 Å². The average molecular weight is 226 g/mol. The molecule has 0 N–H and O–H groups in total. The van der Waals surface area contributed by atoms with Crippen molar-refractivity contribution in [2.75, 3.05) is 0 Å². The molecular weight excluding hydrogens is 214 g/mol. The quantitative estimate of drug-likeness (QED) is 0.451. The van der Waals surface area contributed by atoms with Gasteiger partial charge in [0, 0.05) is 11.4 Å². The lowest BCUT2D eigenvalue weighted by atomic mass is 10.1. The van der Waals surface area contributed by atoms with E-state index >= 15 is 0 Å². The number of oxime groups is 1. The van der Waals surface area contributed by atoms with Crippen LogP contribution in [0.15, 0.2) is 29.4 Å². The van der Waals surface area contributed by atoms with Gasteiger partial charge >= 0.3 is 5.97 Å². The molecule has 0 amide bonds. The van der Waals surface area contributed by atoms with Crippen LogP contribution in [0.4, 0.5) is 0 Å². The zero-order valence-corrected chi connectivity index (χ0v) is 9.41. The lowest BCUT2D eigenvalue weighted by molar-refractivity contribution is -0.143. The van der Waals surface area contributed by atoms with Gasteiger partial charge in [0.25, 0.3) is 0 Å². The second kappa shape index (κ2) is 5.51. The summed E-state index contributed by atoms with van der Waals surface area (Å²) in [5.41, 5.74) is 1.52. The Morgan fingerprint density at radius 2 is 2.00 bits per heavy atom. The second-order valence-electron chi connectivity index (χ2n) is 3.00. The number of benzene rings is 1. The van der Waals surface area contributed by atoms with Crippen molar-refractivity contribution in [3.05, 3.63) is 34.9 Å². The Morgan fingerprint density at radius 1 is 1.40 bits per heavy atom. The molecule has 1 aromatic rings. The molecule has 0 heterocycles. The van der Waals surface area contributed by atoms with E-state index in [9.17, 15) is 4.79 Å². The predicted molar refractivity (Wildman–Crippen MR) is 60.0 cm³/mol. The highest BCUT2D eigenvalue weighted by Gasteiger charge is 2.00. The Bertz CT molecular complexity index is 371. The molecule has 0 spiro atoms. The van der Waals surface area contributed by atoms with Gasteiger partial charge in [0.1, 0.15) is 0 Å². The Labute approximate surface area is 93.7 Å². The summed E-state index contributed by atoms with van der Waals surface area (Å²) in [5.74, 6) is -0.344. The minimum Gasteiger partial charge on any atom is -0.318 e. The summed E-state index contributed by atoms with van der Waals surface area (Å²) in [5, 5.41) is 4.38. The SMILES string of the molecule is CCC(=O)ON=C(C)c1ccc(Cl)cc1. The van der Waals surface area contributed by atoms with Crippen molar-refractivity contribution in [2.24, 2.45) is 5.16 Å². The number of nitrogens with zero attached hydrogens (tertiary/aromatic N) is 1. The fourth-order valence-electron chi connectivity index (χ4n) is 0.928. The highest BCUT2D eigenvalue weighted by Crippen LogP contribution is 2.10. The zero-order chi connectivity index (χ0) is 11.3. The van der Waals surface area contributed by atoms with Gasteiger partial charge in [-0.25, -0.2) is 4.79 Å². The summed E-state index contributed by atoms with van der Waals surface area (Å²) >= 11 is 5.74. The first-order valence-electron chi connectivity index (χ1n) is 4.64. The molecule has 1 rings (SSSR count). The molecule has 80 valence electrons. The number of hydrogen-bond donors (Lipinski definition) is 0. The molecule has 0 saturated heterocycles. The maximum atomic E-state index is 10.9. The van der Waals surface area contributed by atoms with Gasteiger partial charge in [0.05, 0.1) is 5.71 Å². The molecule has 0 aliphatic heterocycles. The van der Waals surface area contributed by atoms with Crippen LogP contribution in [0.5, 0.6) is 0 Å². The van der Waals surface area contributed by atoms with Gasteiger partial charge in [0.2, 0.25) is 0 Å². The van der Waals surface area contributed by atoms with Crippen molar-refractivity contribution < 1.29 is 9.63 Å². The molecule has 1 aromatic carbocycles. The molecule has 0 aromatic heterocycles. The van der Waals surface area contributed by atoms with Gasteiger partial charge < -0.3 is 4.84 Å². The van der Waals surface area contributed by atoms with Crippen molar-refractivity contribution in [2.45, 2.75) is 20.3 Å². The summed E-state index contributed by atoms with van der Waals surface area (Å²) in [6, 6.07) is 7.16. The average Bonchev–Trinajstić information content (AvgIpc) is 2.26. The van der Waals surface area contributed by atoms with Crippen LogP contribution >= 0.6 is 11.6 Å². The van der Waals surface area contributed by atoms with Gasteiger partial charge in [-0.2, -0.15) is 0 Å². The van der Waals surface area contributed by atoms with E-state index in [4.69, 9.17) is 11.6 Å². The Balaban J connectivity index is 2.71. The van der Waals surface area contributed by atoms with Crippen molar-refractivity contribution >= 4 is 23.3 Å². The molecule has 0 unspecified atom stereocenters. The number of carbonyl (C=O) groups excluding carboxylic acids is 1. The van der Waals surface area contributed by atoms with E-state index in [0.29, 0.717) is 17.2 Å². The van der Waals surface area contributed by atoms with Crippen LogP contribution in [-0.2, 0) is 9.63 Å². The molecule has 0 aliphatic rings. The fourth-order valence-corrected chi connectivity index (χ4v) is 1.05. The van der Waals surface area contributed by atoms with Gasteiger partial charge in [-0.3, -0.25) is 0 Å². The normalized spacial score (nSPS) is 11.3. The summed E-state index contributed by atoms with van der Waals surface area (Å²) in [6.45, 7) is 3.49. The third kappa shape index (κ3) is 3.72. The molecule has 0 radical (unpaired) electrons. The first-order valence-corrected chi connectivity index (χ1v) is 5.01. The van der Waals surface area contributed by atoms with Crippen LogP contribution in [0.25, 0.3) is 0 Å². The standard InChI is InChI=1S/C11H12ClNO2/c1-3-11(14)15-13-8(2)9-4-6-10(12)7-5-9/h4-7H,3H2,1-2H3. The third-order valence-corrected chi connectivity index (χ3v) is 2.09. The number of hydrogen-bond acceptors (Lipinski definition) is 3. The first kappa shape index (κ1) is 11.7. The molecule has 0 atom stereocenters. The molecule has 3 nitrogen and oxygen atoms in total. The van der Waals surface area contributed by atoms with Crippen LogP contribution in [0.1, 0.15) is 25.8 Å². The summed E-state index contributed by atoms with van der Waals surface area (Å²) in [4.78, 5) is 15.5. The molecule has 0 fully saturated rings. The van der Waals surface area contributed by atoms with Crippen molar-refractivity contribution in [1.82, 2.24) is 0 Å². The fraction of sp³-hybridized carbons (Fsp3) is 0.273. The lowest BCUT2D eigenvalue weighted by Gasteiger charge is -2.00. The second-order valence-corrected chi connectivity index (χ2v) is 3.44. The van der Waals surface area contributed by atoms with Crippen LogP contribution < -0.4 is 0 Å². The van der Waals surface area contributed by atoms with Crippen LogP contribution in [0, 0.1) is 0 Å². The maximum absolute atomic E-state index is 10.9. The maximum Gasteiger partial charge on any atom is 0.334 e. The van der Waals surface area contributed by atoms with Crippen molar-refractivity contribution in [3.63, 3.8) is 0 Å². The van der Waals surface area contributed by atoms with Crippen molar-refractivity contribution in [1.29, 1.82) is 0 Å². The van der Waals surface area contributed by atoms with Crippen molar-refractivity contribution in [3.8, 4) is 0 Å².